The third kappa shape index (κ3) is 5.75. The summed E-state index contributed by atoms with van der Waals surface area (Å²) in [5, 5.41) is 10.6. The number of rotatable bonds is 5. The van der Waals surface area contributed by atoms with Gasteiger partial charge in [-0.3, -0.25) is 4.79 Å². The molecule has 5 heteroatoms. The first-order valence-corrected chi connectivity index (χ1v) is 10.9. The molecule has 0 saturated carbocycles. The van der Waals surface area contributed by atoms with E-state index in [4.69, 9.17) is 9.16 Å². The fourth-order valence-corrected chi connectivity index (χ4v) is 2.89. The quantitative estimate of drug-likeness (QED) is 0.606. The number of carbonyl (C=O) groups is 1. The van der Waals surface area contributed by atoms with E-state index in [1.807, 2.05) is 19.1 Å². The van der Waals surface area contributed by atoms with E-state index >= 15 is 0 Å². The summed E-state index contributed by atoms with van der Waals surface area (Å²) in [6.45, 7) is 14.4. The van der Waals surface area contributed by atoms with E-state index in [9.17, 15) is 9.90 Å². The van der Waals surface area contributed by atoms with Gasteiger partial charge in [-0.2, -0.15) is 0 Å². The van der Waals surface area contributed by atoms with Crippen molar-refractivity contribution in [2.24, 2.45) is 0 Å². The zero-order chi connectivity index (χ0) is 17.8. The predicted octanol–water partition coefficient (Wildman–Crippen LogP) is 4.09. The highest BCUT2D eigenvalue weighted by atomic mass is 28.4. The van der Waals surface area contributed by atoms with Gasteiger partial charge in [0.15, 0.2) is 8.32 Å². The highest BCUT2D eigenvalue weighted by Crippen LogP contribution is 2.36. The van der Waals surface area contributed by atoms with E-state index in [-0.39, 0.29) is 11.0 Å². The Morgan fingerprint density at radius 1 is 1.35 bits per heavy atom. The van der Waals surface area contributed by atoms with Gasteiger partial charge < -0.3 is 14.3 Å². The number of carbonyl (C=O) groups excluding carboxylic acids is 1. The van der Waals surface area contributed by atoms with Crippen molar-refractivity contribution in [3.63, 3.8) is 0 Å². The molecule has 0 radical (unpaired) electrons. The lowest BCUT2D eigenvalue weighted by Crippen LogP contribution is -2.42. The summed E-state index contributed by atoms with van der Waals surface area (Å²) in [5.74, 6) is 0.188. The van der Waals surface area contributed by atoms with Gasteiger partial charge in [-0.25, -0.2) is 0 Å². The minimum Gasteiger partial charge on any atom is -0.426 e. The fourth-order valence-electron chi connectivity index (χ4n) is 1.88. The maximum absolute atomic E-state index is 11.1. The van der Waals surface area contributed by atoms with Gasteiger partial charge >= 0.3 is 5.97 Å². The van der Waals surface area contributed by atoms with Crippen LogP contribution in [0.3, 0.4) is 0 Å². The molecular formula is C18H30O4Si. The molecule has 0 aromatic heterocycles. The lowest BCUT2D eigenvalue weighted by molar-refractivity contribution is -0.136. The van der Waals surface area contributed by atoms with Crippen LogP contribution in [0.1, 0.15) is 41.0 Å². The number of hydrogen-bond acceptors (Lipinski definition) is 4. The summed E-state index contributed by atoms with van der Waals surface area (Å²) in [6, 6.07) is 0. The van der Waals surface area contributed by atoms with E-state index in [1.165, 1.54) is 6.92 Å². The molecule has 0 heterocycles. The summed E-state index contributed by atoms with van der Waals surface area (Å²) < 4.78 is 11.3. The van der Waals surface area contributed by atoms with Crippen LogP contribution in [-0.4, -0.2) is 32.1 Å². The monoisotopic (exact) mass is 338 g/mol. The number of allylic oxidation sites excluding steroid dienone is 4. The lowest BCUT2D eigenvalue weighted by atomic mass is 10.1. The van der Waals surface area contributed by atoms with Crippen molar-refractivity contribution in [1.29, 1.82) is 0 Å². The Bertz CT molecular complexity index is 536. The van der Waals surface area contributed by atoms with Crippen LogP contribution >= 0.6 is 0 Å². The Morgan fingerprint density at radius 2 is 1.96 bits per heavy atom. The minimum atomic E-state index is -1.88. The van der Waals surface area contributed by atoms with Crippen molar-refractivity contribution in [3.8, 4) is 0 Å². The first kappa shape index (κ1) is 19.9. The largest absolute Gasteiger partial charge is 0.426 e. The van der Waals surface area contributed by atoms with Gasteiger partial charge in [-0.05, 0) is 48.7 Å². The third-order valence-corrected chi connectivity index (χ3v) is 9.07. The summed E-state index contributed by atoms with van der Waals surface area (Å²) in [6.07, 6.45) is 5.50. The van der Waals surface area contributed by atoms with Gasteiger partial charge in [0.2, 0.25) is 0 Å². The Balaban J connectivity index is 2.78. The number of ether oxygens (including phenoxy) is 1. The van der Waals surface area contributed by atoms with Gasteiger partial charge in [0, 0.05) is 6.92 Å². The summed E-state index contributed by atoms with van der Waals surface area (Å²) in [4.78, 5) is 11.1. The van der Waals surface area contributed by atoms with E-state index in [2.05, 4.69) is 33.9 Å². The second-order valence-electron chi connectivity index (χ2n) is 7.54. The summed E-state index contributed by atoms with van der Waals surface area (Å²) in [5.41, 5.74) is 1.76. The molecule has 130 valence electrons. The number of esters is 1. The second-order valence-corrected chi connectivity index (χ2v) is 12.4. The molecule has 0 spiro atoms. The highest BCUT2D eigenvalue weighted by molar-refractivity contribution is 6.74. The molecule has 1 unspecified atom stereocenters. The van der Waals surface area contributed by atoms with Crippen LogP contribution in [-0.2, 0) is 14.0 Å². The highest BCUT2D eigenvalue weighted by Gasteiger charge is 2.37. The van der Waals surface area contributed by atoms with Gasteiger partial charge in [-0.1, -0.05) is 32.9 Å². The average molecular weight is 339 g/mol. The molecule has 0 fully saturated rings. The SMILES string of the molecule is CC(=O)OC1=CC=C(C(O)CO[Si](C)(C)C(C)(C)C)CC=C1C. The van der Waals surface area contributed by atoms with Crippen molar-refractivity contribution in [2.45, 2.75) is 65.3 Å². The topological polar surface area (TPSA) is 55.8 Å². The molecule has 0 aliphatic heterocycles. The second kappa shape index (κ2) is 7.60. The van der Waals surface area contributed by atoms with Crippen LogP contribution in [0.4, 0.5) is 0 Å². The van der Waals surface area contributed by atoms with Crippen molar-refractivity contribution in [3.05, 3.63) is 35.1 Å². The average Bonchev–Trinajstić information content (AvgIpc) is 2.58. The molecule has 23 heavy (non-hydrogen) atoms. The Kier molecular flexibility index (Phi) is 6.56. The Labute approximate surface area is 141 Å². The molecule has 0 saturated heterocycles. The first-order valence-electron chi connectivity index (χ1n) is 8.02. The number of aliphatic hydroxyl groups excluding tert-OH is 1. The maximum atomic E-state index is 11.1. The van der Waals surface area contributed by atoms with Crippen molar-refractivity contribution in [2.75, 3.05) is 6.61 Å². The van der Waals surface area contributed by atoms with Crippen LogP contribution in [0.15, 0.2) is 35.1 Å². The summed E-state index contributed by atoms with van der Waals surface area (Å²) >= 11 is 0. The molecule has 4 nitrogen and oxygen atoms in total. The molecule has 1 aliphatic carbocycles. The zero-order valence-corrected chi connectivity index (χ0v) is 16.4. The zero-order valence-electron chi connectivity index (χ0n) is 15.4. The smallest absolute Gasteiger partial charge is 0.308 e. The van der Waals surface area contributed by atoms with Crippen molar-refractivity contribution < 1.29 is 19.1 Å². The molecule has 0 aromatic rings. The molecule has 1 atom stereocenters. The number of aliphatic hydroxyl groups is 1. The Hall–Kier alpha value is -1.17. The predicted molar refractivity (Wildman–Crippen MR) is 95.5 cm³/mol. The van der Waals surface area contributed by atoms with Crippen LogP contribution < -0.4 is 0 Å². The Morgan fingerprint density at radius 3 is 2.48 bits per heavy atom. The van der Waals surface area contributed by atoms with Crippen LogP contribution in [0.5, 0.6) is 0 Å². The molecule has 0 bridgehead atoms. The fraction of sp³-hybridized carbons (Fsp3) is 0.611. The van der Waals surface area contributed by atoms with Crippen LogP contribution in [0, 0.1) is 0 Å². The van der Waals surface area contributed by atoms with E-state index in [0.29, 0.717) is 18.8 Å². The van der Waals surface area contributed by atoms with E-state index in [0.717, 1.165) is 11.1 Å². The van der Waals surface area contributed by atoms with Gasteiger partial charge in [0.05, 0.1) is 12.7 Å². The normalized spacial score (nSPS) is 17.7. The molecular weight excluding hydrogens is 308 g/mol. The van der Waals surface area contributed by atoms with Gasteiger partial charge in [0.25, 0.3) is 0 Å². The minimum absolute atomic E-state index is 0.115. The van der Waals surface area contributed by atoms with Gasteiger partial charge in [-0.15, -0.1) is 0 Å². The molecule has 1 rings (SSSR count). The van der Waals surface area contributed by atoms with E-state index < -0.39 is 14.4 Å². The summed E-state index contributed by atoms with van der Waals surface area (Å²) in [7, 11) is -1.88. The van der Waals surface area contributed by atoms with Crippen molar-refractivity contribution >= 4 is 14.3 Å². The van der Waals surface area contributed by atoms with E-state index in [1.54, 1.807) is 6.08 Å². The standard InChI is InChI=1S/C18H30O4Si/c1-13-8-9-15(10-11-17(13)22-14(2)19)16(20)12-21-23(6,7)18(3,4)5/h8,10-11,16,20H,9,12H2,1-7H3. The lowest BCUT2D eigenvalue weighted by Gasteiger charge is -2.36. The van der Waals surface area contributed by atoms with Gasteiger partial charge in [0.1, 0.15) is 5.76 Å². The van der Waals surface area contributed by atoms with Crippen LogP contribution in [0.25, 0.3) is 0 Å². The first-order chi connectivity index (χ1) is 10.4. The number of hydrogen-bond donors (Lipinski definition) is 1. The van der Waals surface area contributed by atoms with Crippen molar-refractivity contribution in [1.82, 2.24) is 0 Å². The van der Waals surface area contributed by atoms with Crippen LogP contribution in [0.2, 0.25) is 18.1 Å². The molecule has 0 aromatic carbocycles. The molecule has 1 N–H and O–H groups in total. The molecule has 0 amide bonds. The third-order valence-electron chi connectivity index (χ3n) is 4.57. The maximum Gasteiger partial charge on any atom is 0.308 e. The molecule has 1 aliphatic rings.